The molecule has 1 aromatic carbocycles. The predicted octanol–water partition coefficient (Wildman–Crippen LogP) is 3.25. The van der Waals surface area contributed by atoms with Crippen LogP contribution in [0.15, 0.2) is 12.1 Å². The number of rotatable bonds is 6. The molecule has 0 bridgehead atoms. The van der Waals surface area contributed by atoms with Crippen LogP contribution in [0.25, 0.3) is 11.0 Å². The molecule has 110 valence electrons. The summed E-state index contributed by atoms with van der Waals surface area (Å²) in [6, 6.07) is 2.41. The highest BCUT2D eigenvalue weighted by molar-refractivity contribution is 5.76. The van der Waals surface area contributed by atoms with Gasteiger partial charge in [0.25, 0.3) is 0 Å². The van der Waals surface area contributed by atoms with Gasteiger partial charge in [0.1, 0.15) is 5.82 Å². The van der Waals surface area contributed by atoms with Gasteiger partial charge >= 0.3 is 0 Å². The molecule has 2 aromatic rings. The first-order valence-electron chi connectivity index (χ1n) is 7.07. The number of nitrogens with zero attached hydrogens (tertiary/aromatic N) is 2. The maximum atomic E-state index is 13.5. The lowest BCUT2D eigenvalue weighted by molar-refractivity contribution is 0.509. The van der Waals surface area contributed by atoms with Crippen LogP contribution >= 0.6 is 0 Å². The Hall–Kier alpha value is -1.49. The number of unbranched alkanes of at least 4 members (excludes halogenated alkanes) is 1. The highest BCUT2D eigenvalue weighted by Gasteiger charge is 2.15. The fraction of sp³-hybridized carbons (Fsp3) is 0.533. The van der Waals surface area contributed by atoms with E-state index in [9.17, 15) is 8.78 Å². The number of fused-ring (bicyclic) bond motifs is 1. The molecule has 1 heterocycles. The van der Waals surface area contributed by atoms with E-state index in [0.717, 1.165) is 31.6 Å². The van der Waals surface area contributed by atoms with Crippen molar-refractivity contribution < 1.29 is 8.78 Å². The quantitative estimate of drug-likeness (QED) is 0.826. The van der Waals surface area contributed by atoms with E-state index < -0.39 is 11.6 Å². The molecule has 0 aliphatic carbocycles. The van der Waals surface area contributed by atoms with Gasteiger partial charge in [0.15, 0.2) is 11.6 Å². The normalized spacial score (nSPS) is 11.7. The second kappa shape index (κ2) is 6.31. The third kappa shape index (κ3) is 3.15. The van der Waals surface area contributed by atoms with Crippen LogP contribution in [0, 0.1) is 17.6 Å². The zero-order valence-electron chi connectivity index (χ0n) is 12.0. The molecule has 0 unspecified atom stereocenters. The van der Waals surface area contributed by atoms with Crippen LogP contribution in [0.1, 0.15) is 32.5 Å². The molecule has 0 saturated carbocycles. The standard InChI is InChI=1S/C15H21F2N3/c1-10(2)7-15-19-13-8-11(16)12(17)9-14(13)20(15)6-4-3-5-18/h8-10H,3-7,18H2,1-2H3. The number of hydrogen-bond acceptors (Lipinski definition) is 2. The maximum absolute atomic E-state index is 13.5. The molecular weight excluding hydrogens is 260 g/mol. The summed E-state index contributed by atoms with van der Waals surface area (Å²) in [4.78, 5) is 4.46. The Bertz CT molecular complexity index is 590. The highest BCUT2D eigenvalue weighted by atomic mass is 19.2. The fourth-order valence-electron chi connectivity index (χ4n) is 2.35. The third-order valence-corrected chi connectivity index (χ3v) is 3.30. The van der Waals surface area contributed by atoms with Crippen LogP contribution in [0.4, 0.5) is 8.78 Å². The van der Waals surface area contributed by atoms with Crippen molar-refractivity contribution in [2.45, 2.75) is 39.7 Å². The lowest BCUT2D eigenvalue weighted by atomic mass is 10.1. The van der Waals surface area contributed by atoms with E-state index in [1.54, 1.807) is 0 Å². The lowest BCUT2D eigenvalue weighted by Gasteiger charge is -2.10. The Balaban J connectivity index is 2.44. The molecule has 0 saturated heterocycles. The van der Waals surface area contributed by atoms with Crippen LogP contribution in [0.2, 0.25) is 0 Å². The van der Waals surface area contributed by atoms with E-state index in [0.29, 0.717) is 23.5 Å². The van der Waals surface area contributed by atoms with Gasteiger partial charge in [0.2, 0.25) is 0 Å². The van der Waals surface area contributed by atoms with E-state index in [1.807, 2.05) is 4.57 Å². The van der Waals surface area contributed by atoms with E-state index in [2.05, 4.69) is 18.8 Å². The van der Waals surface area contributed by atoms with Crippen molar-refractivity contribution in [1.29, 1.82) is 0 Å². The molecule has 0 amide bonds. The summed E-state index contributed by atoms with van der Waals surface area (Å²) in [6.07, 6.45) is 2.61. The first-order chi connectivity index (χ1) is 9.52. The molecular formula is C15H21F2N3. The molecule has 2 rings (SSSR count). The monoisotopic (exact) mass is 281 g/mol. The van der Waals surface area contributed by atoms with Gasteiger partial charge in [-0.1, -0.05) is 13.8 Å². The number of aryl methyl sites for hydroxylation is 1. The topological polar surface area (TPSA) is 43.8 Å². The second-order valence-electron chi connectivity index (χ2n) is 5.53. The van der Waals surface area contributed by atoms with Gasteiger partial charge in [-0.05, 0) is 25.3 Å². The molecule has 0 spiro atoms. The number of aromatic nitrogens is 2. The van der Waals surface area contributed by atoms with Crippen molar-refractivity contribution in [3.8, 4) is 0 Å². The number of halogens is 2. The first-order valence-corrected chi connectivity index (χ1v) is 7.07. The van der Waals surface area contributed by atoms with Gasteiger partial charge in [0, 0.05) is 25.1 Å². The summed E-state index contributed by atoms with van der Waals surface area (Å²) >= 11 is 0. The molecule has 0 fully saturated rings. The minimum absolute atomic E-state index is 0.440. The molecule has 3 nitrogen and oxygen atoms in total. The molecule has 0 atom stereocenters. The number of benzene rings is 1. The molecule has 0 aliphatic heterocycles. The zero-order valence-corrected chi connectivity index (χ0v) is 12.0. The van der Waals surface area contributed by atoms with Crippen molar-refractivity contribution in [3.63, 3.8) is 0 Å². The largest absolute Gasteiger partial charge is 0.330 e. The van der Waals surface area contributed by atoms with Crippen LogP contribution < -0.4 is 5.73 Å². The SMILES string of the molecule is CC(C)Cc1nc2cc(F)c(F)cc2n1CCCCN. The van der Waals surface area contributed by atoms with Gasteiger partial charge in [-0.15, -0.1) is 0 Å². The maximum Gasteiger partial charge on any atom is 0.161 e. The molecule has 20 heavy (non-hydrogen) atoms. The summed E-state index contributed by atoms with van der Waals surface area (Å²) in [5.74, 6) is -0.347. The number of nitrogens with two attached hydrogens (primary N) is 1. The Morgan fingerprint density at radius 3 is 2.55 bits per heavy atom. The van der Waals surface area contributed by atoms with Crippen molar-refractivity contribution in [2.24, 2.45) is 11.7 Å². The van der Waals surface area contributed by atoms with Gasteiger partial charge in [-0.25, -0.2) is 13.8 Å². The van der Waals surface area contributed by atoms with Crippen molar-refractivity contribution in [2.75, 3.05) is 6.54 Å². The van der Waals surface area contributed by atoms with E-state index in [4.69, 9.17) is 5.73 Å². The number of imidazole rings is 1. The number of hydrogen-bond donors (Lipinski definition) is 1. The zero-order chi connectivity index (χ0) is 14.7. The first kappa shape index (κ1) is 14.9. The van der Waals surface area contributed by atoms with Gasteiger partial charge in [-0.3, -0.25) is 0 Å². The molecule has 2 N–H and O–H groups in total. The van der Waals surface area contributed by atoms with Crippen LogP contribution in [0.5, 0.6) is 0 Å². The van der Waals surface area contributed by atoms with Crippen molar-refractivity contribution >= 4 is 11.0 Å². The minimum atomic E-state index is -0.847. The minimum Gasteiger partial charge on any atom is -0.330 e. The van der Waals surface area contributed by atoms with E-state index in [-0.39, 0.29) is 0 Å². The van der Waals surface area contributed by atoms with Crippen LogP contribution in [-0.4, -0.2) is 16.1 Å². The van der Waals surface area contributed by atoms with Crippen LogP contribution in [-0.2, 0) is 13.0 Å². The average molecular weight is 281 g/mol. The van der Waals surface area contributed by atoms with E-state index >= 15 is 0 Å². The Morgan fingerprint density at radius 1 is 1.20 bits per heavy atom. The average Bonchev–Trinajstić information content (AvgIpc) is 2.67. The van der Waals surface area contributed by atoms with Gasteiger partial charge in [0.05, 0.1) is 11.0 Å². The Kier molecular flexibility index (Phi) is 4.70. The van der Waals surface area contributed by atoms with Gasteiger partial charge in [-0.2, -0.15) is 0 Å². The summed E-state index contributed by atoms with van der Waals surface area (Å²) in [6.45, 7) is 5.57. The fourth-order valence-corrected chi connectivity index (χ4v) is 2.35. The highest BCUT2D eigenvalue weighted by Crippen LogP contribution is 2.22. The molecule has 1 aromatic heterocycles. The lowest BCUT2D eigenvalue weighted by Crippen LogP contribution is -2.09. The summed E-state index contributed by atoms with van der Waals surface area (Å²) < 4.78 is 28.8. The second-order valence-corrected chi connectivity index (χ2v) is 5.53. The summed E-state index contributed by atoms with van der Waals surface area (Å²) in [7, 11) is 0. The Morgan fingerprint density at radius 2 is 1.90 bits per heavy atom. The summed E-state index contributed by atoms with van der Waals surface area (Å²) in [5, 5.41) is 0. The molecule has 5 heteroatoms. The Labute approximate surface area is 117 Å². The molecule has 0 radical (unpaired) electrons. The van der Waals surface area contributed by atoms with Crippen LogP contribution in [0.3, 0.4) is 0 Å². The van der Waals surface area contributed by atoms with Crippen molar-refractivity contribution in [3.05, 3.63) is 29.6 Å². The summed E-state index contributed by atoms with van der Waals surface area (Å²) in [5.41, 5.74) is 6.69. The van der Waals surface area contributed by atoms with Gasteiger partial charge < -0.3 is 10.3 Å². The predicted molar refractivity (Wildman–Crippen MR) is 76.5 cm³/mol. The smallest absolute Gasteiger partial charge is 0.161 e. The van der Waals surface area contributed by atoms with Crippen molar-refractivity contribution in [1.82, 2.24) is 9.55 Å². The third-order valence-electron chi connectivity index (χ3n) is 3.30. The van der Waals surface area contributed by atoms with E-state index in [1.165, 1.54) is 12.1 Å². The molecule has 0 aliphatic rings.